The van der Waals surface area contributed by atoms with Gasteiger partial charge in [-0.25, -0.2) is 0 Å². The van der Waals surface area contributed by atoms with E-state index in [2.05, 4.69) is 37.3 Å². The third-order valence-electron chi connectivity index (χ3n) is 3.56. The Morgan fingerprint density at radius 3 is 2.43 bits per heavy atom. The van der Waals surface area contributed by atoms with Gasteiger partial charge >= 0.3 is 0 Å². The summed E-state index contributed by atoms with van der Waals surface area (Å²) in [6, 6.07) is 16.4. The van der Waals surface area contributed by atoms with Crippen LogP contribution in [0.5, 0.6) is 11.5 Å². The Morgan fingerprint density at radius 2 is 1.76 bits per heavy atom. The van der Waals surface area contributed by atoms with Gasteiger partial charge in [0.25, 0.3) is 0 Å². The maximum absolute atomic E-state index is 5.43. The van der Waals surface area contributed by atoms with Gasteiger partial charge in [0, 0.05) is 5.56 Å². The lowest BCUT2D eigenvalue weighted by molar-refractivity contribution is 0.402. The Morgan fingerprint density at radius 1 is 1.00 bits per heavy atom. The summed E-state index contributed by atoms with van der Waals surface area (Å²) in [6.07, 6.45) is 4.31. The highest BCUT2D eigenvalue weighted by molar-refractivity contribution is 5.70. The molecule has 2 rings (SSSR count). The number of benzene rings is 2. The summed E-state index contributed by atoms with van der Waals surface area (Å²) in [5, 5.41) is 0. The number of aryl methyl sites for hydroxylation is 1. The minimum atomic E-state index is 0.849. The van der Waals surface area contributed by atoms with Gasteiger partial charge in [-0.3, -0.25) is 0 Å². The minimum Gasteiger partial charge on any atom is -0.497 e. The van der Waals surface area contributed by atoms with E-state index in [1.165, 1.54) is 11.1 Å². The first-order valence-corrected chi connectivity index (χ1v) is 7.17. The first kappa shape index (κ1) is 15.2. The molecular weight excluding hydrogens is 260 g/mol. The molecule has 0 N–H and O–H groups in total. The second-order valence-electron chi connectivity index (χ2n) is 4.98. The van der Waals surface area contributed by atoms with E-state index >= 15 is 0 Å². The zero-order valence-corrected chi connectivity index (χ0v) is 12.9. The molecule has 0 fully saturated rings. The Bertz CT molecular complexity index is 600. The molecule has 0 aliphatic rings. The smallest absolute Gasteiger partial charge is 0.126 e. The molecule has 21 heavy (non-hydrogen) atoms. The SMILES string of the molecule is COc1ccc(OC)c(C(C)=CCCc2ccccc2)c1. The molecule has 0 unspecified atom stereocenters. The third-order valence-corrected chi connectivity index (χ3v) is 3.56. The fraction of sp³-hybridized carbons (Fsp3) is 0.263. The van der Waals surface area contributed by atoms with E-state index in [9.17, 15) is 0 Å². The van der Waals surface area contributed by atoms with Crippen molar-refractivity contribution >= 4 is 5.57 Å². The van der Waals surface area contributed by atoms with Crippen LogP contribution in [-0.2, 0) is 6.42 Å². The zero-order chi connectivity index (χ0) is 15.1. The van der Waals surface area contributed by atoms with Gasteiger partial charge in [-0.15, -0.1) is 0 Å². The van der Waals surface area contributed by atoms with E-state index in [1.807, 2.05) is 24.3 Å². The van der Waals surface area contributed by atoms with E-state index in [0.717, 1.165) is 29.9 Å². The lowest BCUT2D eigenvalue weighted by atomic mass is 10.0. The predicted molar refractivity (Wildman–Crippen MR) is 88.0 cm³/mol. The maximum atomic E-state index is 5.43. The molecule has 2 nitrogen and oxygen atoms in total. The van der Waals surface area contributed by atoms with Crippen molar-refractivity contribution in [2.75, 3.05) is 14.2 Å². The van der Waals surface area contributed by atoms with Gasteiger partial charge in [-0.1, -0.05) is 36.4 Å². The molecule has 0 bridgehead atoms. The van der Waals surface area contributed by atoms with Crippen LogP contribution in [0.15, 0.2) is 54.6 Å². The molecule has 0 radical (unpaired) electrons. The molecule has 2 heteroatoms. The molecule has 0 aliphatic heterocycles. The van der Waals surface area contributed by atoms with Crippen molar-refractivity contribution < 1.29 is 9.47 Å². The van der Waals surface area contributed by atoms with Gasteiger partial charge in [0.15, 0.2) is 0 Å². The number of rotatable bonds is 6. The first-order chi connectivity index (χ1) is 10.2. The fourth-order valence-electron chi connectivity index (χ4n) is 2.33. The van der Waals surface area contributed by atoms with E-state index in [4.69, 9.17) is 9.47 Å². The average molecular weight is 282 g/mol. The van der Waals surface area contributed by atoms with Crippen molar-refractivity contribution in [1.29, 1.82) is 0 Å². The van der Waals surface area contributed by atoms with Crippen molar-refractivity contribution in [3.63, 3.8) is 0 Å². The van der Waals surface area contributed by atoms with Crippen molar-refractivity contribution in [2.24, 2.45) is 0 Å². The highest BCUT2D eigenvalue weighted by Crippen LogP contribution is 2.30. The van der Waals surface area contributed by atoms with Gasteiger partial charge in [-0.2, -0.15) is 0 Å². The Balaban J connectivity index is 2.11. The first-order valence-electron chi connectivity index (χ1n) is 7.17. The summed E-state index contributed by atoms with van der Waals surface area (Å²) in [6.45, 7) is 2.11. The molecule has 0 saturated heterocycles. The van der Waals surface area contributed by atoms with Crippen LogP contribution in [-0.4, -0.2) is 14.2 Å². The van der Waals surface area contributed by atoms with E-state index < -0.39 is 0 Å². The number of hydrogen-bond acceptors (Lipinski definition) is 2. The van der Waals surface area contributed by atoms with Crippen LogP contribution in [0.4, 0.5) is 0 Å². The minimum absolute atomic E-state index is 0.849. The molecule has 0 heterocycles. The van der Waals surface area contributed by atoms with Crippen LogP contribution < -0.4 is 9.47 Å². The van der Waals surface area contributed by atoms with Gasteiger partial charge in [0.05, 0.1) is 14.2 Å². The number of hydrogen-bond donors (Lipinski definition) is 0. The molecule has 0 saturated carbocycles. The molecule has 0 aromatic heterocycles. The lowest BCUT2D eigenvalue weighted by Gasteiger charge is -2.11. The van der Waals surface area contributed by atoms with Crippen LogP contribution in [0, 0.1) is 0 Å². The van der Waals surface area contributed by atoms with Crippen molar-refractivity contribution in [2.45, 2.75) is 19.8 Å². The van der Waals surface area contributed by atoms with Crippen molar-refractivity contribution in [3.8, 4) is 11.5 Å². The van der Waals surface area contributed by atoms with Crippen molar-refractivity contribution in [1.82, 2.24) is 0 Å². The Labute approximate surface area is 127 Å². The quantitative estimate of drug-likeness (QED) is 0.762. The second-order valence-corrected chi connectivity index (χ2v) is 4.98. The van der Waals surface area contributed by atoms with Crippen LogP contribution in [0.3, 0.4) is 0 Å². The molecule has 0 atom stereocenters. The molecule has 2 aromatic carbocycles. The lowest BCUT2D eigenvalue weighted by Crippen LogP contribution is -1.92. The summed E-state index contributed by atoms with van der Waals surface area (Å²) in [5.41, 5.74) is 3.66. The van der Waals surface area contributed by atoms with Gasteiger partial charge in [0.1, 0.15) is 11.5 Å². The summed E-state index contributed by atoms with van der Waals surface area (Å²) >= 11 is 0. The molecule has 110 valence electrons. The normalized spacial score (nSPS) is 11.3. The maximum Gasteiger partial charge on any atom is 0.126 e. The van der Waals surface area contributed by atoms with Gasteiger partial charge in [0.2, 0.25) is 0 Å². The highest BCUT2D eigenvalue weighted by atomic mass is 16.5. The standard InChI is InChI=1S/C19H22O2/c1-15(8-7-11-16-9-5-4-6-10-16)18-14-17(20-2)12-13-19(18)21-3/h4-6,8-10,12-14H,7,11H2,1-3H3. The topological polar surface area (TPSA) is 18.5 Å². The fourth-order valence-corrected chi connectivity index (χ4v) is 2.33. The van der Waals surface area contributed by atoms with Crippen LogP contribution >= 0.6 is 0 Å². The summed E-state index contributed by atoms with van der Waals surface area (Å²) in [5.74, 6) is 1.73. The Hall–Kier alpha value is -2.22. The highest BCUT2D eigenvalue weighted by Gasteiger charge is 2.06. The predicted octanol–water partition coefficient (Wildman–Crippen LogP) is 4.74. The molecule has 0 aliphatic carbocycles. The summed E-state index contributed by atoms with van der Waals surface area (Å²) < 4.78 is 10.7. The largest absolute Gasteiger partial charge is 0.497 e. The molecular formula is C19H22O2. The summed E-state index contributed by atoms with van der Waals surface area (Å²) in [7, 11) is 3.38. The second kappa shape index (κ2) is 7.53. The number of methoxy groups -OCH3 is 2. The molecule has 2 aromatic rings. The Kier molecular flexibility index (Phi) is 5.44. The van der Waals surface area contributed by atoms with Gasteiger partial charge in [-0.05, 0) is 49.1 Å². The number of ether oxygens (including phenoxy) is 2. The average Bonchev–Trinajstić information content (AvgIpc) is 2.55. The van der Waals surface area contributed by atoms with Gasteiger partial charge < -0.3 is 9.47 Å². The monoisotopic (exact) mass is 282 g/mol. The number of allylic oxidation sites excluding steroid dienone is 2. The van der Waals surface area contributed by atoms with E-state index in [1.54, 1.807) is 14.2 Å². The molecule has 0 spiro atoms. The van der Waals surface area contributed by atoms with Crippen LogP contribution in [0.2, 0.25) is 0 Å². The van der Waals surface area contributed by atoms with E-state index in [0.29, 0.717) is 0 Å². The summed E-state index contributed by atoms with van der Waals surface area (Å²) in [4.78, 5) is 0. The van der Waals surface area contributed by atoms with E-state index in [-0.39, 0.29) is 0 Å². The zero-order valence-electron chi connectivity index (χ0n) is 12.9. The molecule has 0 amide bonds. The third kappa shape index (κ3) is 4.12. The van der Waals surface area contributed by atoms with Crippen molar-refractivity contribution in [3.05, 3.63) is 65.7 Å². The van der Waals surface area contributed by atoms with Crippen LogP contribution in [0.1, 0.15) is 24.5 Å². The van der Waals surface area contributed by atoms with Crippen LogP contribution in [0.25, 0.3) is 5.57 Å².